The molecule has 3 nitrogen and oxygen atoms in total. The maximum atomic E-state index is 12.8. The van der Waals surface area contributed by atoms with E-state index in [1.807, 2.05) is 93.6 Å². The molecule has 0 spiro atoms. The van der Waals surface area contributed by atoms with Gasteiger partial charge in [-0.25, -0.2) is 0 Å². The largest absolute Gasteiger partial charge is 0.324 e. The summed E-state index contributed by atoms with van der Waals surface area (Å²) < 4.78 is 18.4. The van der Waals surface area contributed by atoms with E-state index in [-0.39, 0.29) is 12.5 Å². The monoisotopic (exact) mass is 392 g/mol. The van der Waals surface area contributed by atoms with Crippen molar-refractivity contribution in [2.45, 2.75) is 26.7 Å². The number of benzene rings is 3. The van der Waals surface area contributed by atoms with Crippen molar-refractivity contribution in [2.24, 2.45) is 0 Å². The van der Waals surface area contributed by atoms with Crippen LogP contribution in [0.1, 0.15) is 44.1 Å². The van der Waals surface area contributed by atoms with Crippen molar-refractivity contribution in [3.63, 3.8) is 0 Å². The number of carbonyl (C=O) groups is 1. The first-order valence-corrected chi connectivity index (χ1v) is 10.7. The Labute approximate surface area is 167 Å². The number of hydrogen-bond acceptors (Lipinski definition) is 3. The average Bonchev–Trinajstić information content (AvgIpc) is 2.68. The Hall–Kier alpha value is -2.48. The average molecular weight is 392 g/mol. The molecule has 1 atom stereocenters. The molecule has 3 aromatic rings. The van der Waals surface area contributed by atoms with Gasteiger partial charge < -0.3 is 4.52 Å². The van der Waals surface area contributed by atoms with E-state index in [1.54, 1.807) is 0 Å². The van der Waals surface area contributed by atoms with Crippen LogP contribution in [-0.2, 0) is 9.09 Å². The number of aryl methyl sites for hydroxylation is 3. The van der Waals surface area contributed by atoms with E-state index < -0.39 is 13.6 Å². The fraction of sp³-hybridized carbons (Fsp3) is 0.208. The second kappa shape index (κ2) is 9.14. The molecule has 0 bridgehead atoms. The van der Waals surface area contributed by atoms with Gasteiger partial charge >= 0.3 is 0 Å². The minimum Gasteiger partial charge on any atom is -0.324 e. The molecule has 3 rings (SSSR count). The highest BCUT2D eigenvalue weighted by Gasteiger charge is 2.22. The summed E-state index contributed by atoms with van der Waals surface area (Å²) in [7, 11) is -2.87. The first-order chi connectivity index (χ1) is 13.5. The van der Waals surface area contributed by atoms with Crippen molar-refractivity contribution in [2.75, 3.05) is 6.61 Å². The maximum Gasteiger partial charge on any atom is 0.260 e. The molecule has 0 heterocycles. The van der Waals surface area contributed by atoms with Crippen molar-refractivity contribution >= 4 is 13.6 Å². The molecule has 0 aliphatic rings. The van der Waals surface area contributed by atoms with Gasteiger partial charge in [0.2, 0.25) is 5.52 Å². The van der Waals surface area contributed by atoms with Crippen LogP contribution in [0.2, 0.25) is 0 Å². The van der Waals surface area contributed by atoms with Gasteiger partial charge in [0.1, 0.15) is 0 Å². The third-order valence-corrected chi connectivity index (χ3v) is 5.92. The van der Waals surface area contributed by atoms with Crippen LogP contribution in [0.4, 0.5) is 0 Å². The van der Waals surface area contributed by atoms with Crippen LogP contribution in [0.3, 0.4) is 0 Å². The summed E-state index contributed by atoms with van der Waals surface area (Å²) in [4.78, 5) is 12.8. The first kappa shape index (κ1) is 20.3. The van der Waals surface area contributed by atoms with Crippen LogP contribution in [0.5, 0.6) is 0 Å². The fourth-order valence-electron chi connectivity index (χ4n) is 3.62. The summed E-state index contributed by atoms with van der Waals surface area (Å²) in [5.41, 5.74) is 5.02. The van der Waals surface area contributed by atoms with Crippen molar-refractivity contribution in [3.8, 4) is 0 Å². The topological polar surface area (TPSA) is 43.4 Å². The molecule has 0 saturated carbocycles. The van der Waals surface area contributed by atoms with Gasteiger partial charge in [-0.3, -0.25) is 9.36 Å². The Morgan fingerprint density at radius 3 is 1.79 bits per heavy atom. The highest BCUT2D eigenvalue weighted by Crippen LogP contribution is 2.35. The van der Waals surface area contributed by atoms with E-state index >= 15 is 0 Å². The molecule has 1 unspecified atom stereocenters. The molecule has 0 saturated heterocycles. The lowest BCUT2D eigenvalue weighted by atomic mass is 9.92. The molecule has 0 aliphatic heterocycles. The third kappa shape index (κ3) is 4.67. The molecule has 28 heavy (non-hydrogen) atoms. The van der Waals surface area contributed by atoms with Gasteiger partial charge in [-0.15, -0.1) is 0 Å². The zero-order chi connectivity index (χ0) is 20.1. The summed E-state index contributed by atoms with van der Waals surface area (Å²) in [6.07, 6.45) is 0. The summed E-state index contributed by atoms with van der Waals surface area (Å²) in [5.74, 6) is -0.0793. The lowest BCUT2D eigenvalue weighted by molar-refractivity contribution is 0.105. The number of carbonyl (C=O) groups excluding carboxylic acids is 1. The predicted molar refractivity (Wildman–Crippen MR) is 115 cm³/mol. The van der Waals surface area contributed by atoms with Gasteiger partial charge in [0, 0.05) is 11.5 Å². The Morgan fingerprint density at radius 2 is 1.32 bits per heavy atom. The van der Waals surface area contributed by atoms with Crippen LogP contribution < -0.4 is 0 Å². The zero-order valence-electron chi connectivity index (χ0n) is 16.4. The molecule has 0 radical (unpaired) electrons. The van der Waals surface area contributed by atoms with E-state index in [0.29, 0.717) is 5.56 Å². The van der Waals surface area contributed by atoms with Gasteiger partial charge in [-0.1, -0.05) is 78.4 Å². The minimum atomic E-state index is -2.87. The third-order valence-electron chi connectivity index (χ3n) is 4.87. The van der Waals surface area contributed by atoms with E-state index in [2.05, 4.69) is 0 Å². The van der Waals surface area contributed by atoms with Crippen molar-refractivity contribution in [1.29, 1.82) is 0 Å². The number of rotatable bonds is 7. The summed E-state index contributed by atoms with van der Waals surface area (Å²) in [5, 5.41) is 0. The Balaban J connectivity index is 1.80. The van der Waals surface area contributed by atoms with Gasteiger partial charge in [0.05, 0.1) is 6.61 Å². The smallest absolute Gasteiger partial charge is 0.260 e. The van der Waals surface area contributed by atoms with Crippen LogP contribution in [0, 0.1) is 20.8 Å². The SMILES string of the molecule is Cc1cc(C)c(C(=O)[PH](=O)OCC(c2ccccc2)c2ccccc2)c(C)c1. The Bertz CT molecular complexity index is 919. The van der Waals surface area contributed by atoms with Crippen molar-refractivity contribution in [1.82, 2.24) is 0 Å². The van der Waals surface area contributed by atoms with Crippen LogP contribution >= 0.6 is 8.03 Å². The second-order valence-corrected chi connectivity index (χ2v) is 8.39. The quantitative estimate of drug-likeness (QED) is 0.458. The molecule has 0 aromatic heterocycles. The molecule has 3 aromatic carbocycles. The fourth-order valence-corrected chi connectivity index (χ4v) is 4.67. The Morgan fingerprint density at radius 1 is 0.857 bits per heavy atom. The van der Waals surface area contributed by atoms with Gasteiger partial charge in [-0.2, -0.15) is 0 Å². The summed E-state index contributed by atoms with van der Waals surface area (Å²) >= 11 is 0. The van der Waals surface area contributed by atoms with E-state index in [4.69, 9.17) is 4.52 Å². The standard InChI is InChI=1S/C24H25O3P/c1-17-14-18(2)23(19(3)15-17)24(25)28(26)27-16-22(20-10-6-4-7-11-20)21-12-8-5-9-13-21/h4-15,22,28H,16H2,1-3H3. The Kier molecular flexibility index (Phi) is 6.61. The highest BCUT2D eigenvalue weighted by atomic mass is 31.1. The number of hydrogen-bond donors (Lipinski definition) is 0. The molecule has 144 valence electrons. The second-order valence-electron chi connectivity index (χ2n) is 7.08. The summed E-state index contributed by atoms with van der Waals surface area (Å²) in [6.45, 7) is 5.93. The molecule has 4 heteroatoms. The van der Waals surface area contributed by atoms with Crippen LogP contribution in [0.15, 0.2) is 72.8 Å². The van der Waals surface area contributed by atoms with Gasteiger partial charge in [-0.05, 0) is 43.0 Å². The van der Waals surface area contributed by atoms with E-state index in [1.165, 1.54) is 0 Å². The van der Waals surface area contributed by atoms with Crippen molar-refractivity contribution < 1.29 is 13.9 Å². The lowest BCUT2D eigenvalue weighted by Crippen LogP contribution is -2.09. The van der Waals surface area contributed by atoms with Gasteiger partial charge in [0.25, 0.3) is 8.03 Å². The summed E-state index contributed by atoms with van der Waals surface area (Å²) in [6, 6.07) is 23.8. The molecule has 0 aliphatic carbocycles. The lowest BCUT2D eigenvalue weighted by Gasteiger charge is -2.18. The van der Waals surface area contributed by atoms with Gasteiger partial charge in [0.15, 0.2) is 0 Å². The van der Waals surface area contributed by atoms with E-state index in [0.717, 1.165) is 27.8 Å². The zero-order valence-corrected chi connectivity index (χ0v) is 17.4. The van der Waals surface area contributed by atoms with Crippen LogP contribution in [-0.4, -0.2) is 12.1 Å². The molecule has 0 fully saturated rings. The predicted octanol–water partition coefficient (Wildman–Crippen LogP) is 6.08. The van der Waals surface area contributed by atoms with Crippen LogP contribution in [0.25, 0.3) is 0 Å². The molecular formula is C24H25O3P. The van der Waals surface area contributed by atoms with E-state index in [9.17, 15) is 9.36 Å². The molecule has 0 amide bonds. The first-order valence-electron chi connectivity index (χ1n) is 9.36. The molecular weight excluding hydrogens is 367 g/mol. The minimum absolute atomic E-state index is 0.0793. The maximum absolute atomic E-state index is 12.8. The highest BCUT2D eigenvalue weighted by molar-refractivity contribution is 7.60. The van der Waals surface area contributed by atoms with Crippen molar-refractivity contribution in [3.05, 3.63) is 106 Å². The normalized spacial score (nSPS) is 12.1. The molecule has 0 N–H and O–H groups in total.